The Labute approximate surface area is 548 Å². The van der Waals surface area contributed by atoms with E-state index in [4.69, 9.17) is 19.9 Å². The number of hydrogen-bond acceptors (Lipinski definition) is 8. The summed E-state index contributed by atoms with van der Waals surface area (Å²) in [5, 5.41) is 53.9. The molecule has 2 aliphatic rings. The number of aryl methyl sites for hydroxylation is 4. The Bertz CT molecular complexity index is 6190. The molecule has 0 fully saturated rings. The summed E-state index contributed by atoms with van der Waals surface area (Å²) < 4.78 is 9.22. The van der Waals surface area contributed by atoms with E-state index in [1.54, 1.807) is 0 Å². The number of fused-ring (bicyclic) bond motifs is 18. The molecule has 20 rings (SSSR count). The lowest BCUT2D eigenvalue weighted by Gasteiger charge is -2.16. The van der Waals surface area contributed by atoms with Crippen LogP contribution >= 0.6 is 0 Å². The minimum Gasteiger partial charge on any atom is -0.309 e. The van der Waals surface area contributed by atoms with Crippen molar-refractivity contribution in [3.8, 4) is 92.1 Å². The van der Waals surface area contributed by atoms with Gasteiger partial charge in [-0.1, -0.05) is 144 Å². The van der Waals surface area contributed by atoms with Crippen LogP contribution in [0.3, 0.4) is 0 Å². The molecule has 2 aliphatic carbocycles. The molecule has 0 N–H and O–H groups in total. The average molecular weight is 1230 g/mol. The van der Waals surface area contributed by atoms with E-state index in [0.29, 0.717) is 22.8 Å². The topological polar surface area (TPSA) is 166 Å². The second kappa shape index (κ2) is 20.0. The van der Waals surface area contributed by atoms with Gasteiger partial charge in [0.1, 0.15) is 47.1 Å². The summed E-state index contributed by atoms with van der Waals surface area (Å²) in [6.07, 6.45) is 0. The van der Waals surface area contributed by atoms with Gasteiger partial charge in [-0.2, -0.15) is 21.0 Å². The first-order valence-electron chi connectivity index (χ1n) is 31.8. The molecule has 0 bridgehead atoms. The summed E-state index contributed by atoms with van der Waals surface area (Å²) >= 11 is 0. The van der Waals surface area contributed by atoms with Gasteiger partial charge in [0.15, 0.2) is 22.8 Å². The van der Waals surface area contributed by atoms with Crippen molar-refractivity contribution in [2.24, 2.45) is 0 Å². The van der Waals surface area contributed by atoms with Gasteiger partial charge in [-0.25, -0.2) is 19.9 Å². The summed E-state index contributed by atoms with van der Waals surface area (Å²) in [5.74, 6) is 0. The van der Waals surface area contributed by atoms with Gasteiger partial charge in [0.05, 0.1) is 66.9 Å². The fraction of sp³-hybridized carbons (Fsp3) is 0.0476. The van der Waals surface area contributed by atoms with E-state index in [2.05, 4.69) is 289 Å². The minimum atomic E-state index is 0.0256. The zero-order valence-electron chi connectivity index (χ0n) is 52.2. The highest BCUT2D eigenvalue weighted by Crippen LogP contribution is 2.55. The molecule has 0 aliphatic heterocycles. The molecule has 0 saturated carbocycles. The van der Waals surface area contributed by atoms with Gasteiger partial charge in [0.2, 0.25) is 0 Å². The van der Waals surface area contributed by atoms with Crippen LogP contribution in [0.2, 0.25) is 0 Å². The van der Waals surface area contributed by atoms with Gasteiger partial charge >= 0.3 is 0 Å². The first-order chi connectivity index (χ1) is 47.1. The third-order valence-electron chi connectivity index (χ3n) is 19.7. The molecule has 96 heavy (non-hydrogen) atoms. The van der Waals surface area contributed by atoms with Gasteiger partial charge in [-0.05, 0) is 136 Å². The predicted molar refractivity (Wildman–Crippen MR) is 383 cm³/mol. The van der Waals surface area contributed by atoms with Crippen molar-refractivity contribution in [3.63, 3.8) is 0 Å². The predicted octanol–water partition coefficient (Wildman–Crippen LogP) is 19.7. The Hall–Kier alpha value is -13.5. The Kier molecular flexibility index (Phi) is 11.3. The summed E-state index contributed by atoms with van der Waals surface area (Å²) in [6.45, 7) is 8.50. The number of nitriles is 4. The molecule has 0 amide bonds. The second-order valence-corrected chi connectivity index (χ2v) is 25.2. The average Bonchev–Trinajstić information content (AvgIpc) is 1.54. The van der Waals surface area contributed by atoms with E-state index in [9.17, 15) is 21.0 Å². The van der Waals surface area contributed by atoms with E-state index < -0.39 is 0 Å². The van der Waals surface area contributed by atoms with E-state index >= 15 is 0 Å². The van der Waals surface area contributed by atoms with Crippen LogP contribution in [0.25, 0.3) is 177 Å². The molecule has 0 radical (unpaired) electrons. The number of para-hydroxylation sites is 4. The molecular weight excluding hydrogens is 1180 g/mol. The normalized spacial score (nSPS) is 11.9. The SMILES string of the molecule is Cc1ccc2c(c1)c1cc(C)ccc1n2-c1ccc2ccc(-n3c4ccc(C)cc4c4cc(C)ccc43)c3c2c1-c1nc(C#N)c(C#N)nc1-3.N#Cc1nc2c(nc1C#N)-c1c(-n3c4ccccc4c4ccccc43)ccc3ccc(-n4c5ccccc5c5ccccc54)c-2c13. The molecule has 444 valence electrons. The van der Waals surface area contributed by atoms with E-state index in [0.717, 1.165) is 132 Å². The van der Waals surface area contributed by atoms with Crippen LogP contribution in [0.4, 0.5) is 0 Å². The molecule has 12 aromatic carbocycles. The number of aromatic nitrogens is 8. The zero-order chi connectivity index (χ0) is 64.5. The van der Waals surface area contributed by atoms with Gasteiger partial charge in [0.25, 0.3) is 0 Å². The van der Waals surface area contributed by atoms with Crippen molar-refractivity contribution in [1.82, 2.24) is 38.2 Å². The molecule has 6 heterocycles. The number of nitrogens with zero attached hydrogens (tertiary/aromatic N) is 12. The summed E-state index contributed by atoms with van der Waals surface area (Å²) in [6, 6.07) is 85.9. The molecule has 0 spiro atoms. The largest absolute Gasteiger partial charge is 0.309 e. The van der Waals surface area contributed by atoms with Crippen LogP contribution in [-0.4, -0.2) is 38.2 Å². The highest BCUT2D eigenvalue weighted by Gasteiger charge is 2.36. The van der Waals surface area contributed by atoms with Gasteiger partial charge in [0, 0.05) is 76.1 Å². The second-order valence-electron chi connectivity index (χ2n) is 25.2. The van der Waals surface area contributed by atoms with Crippen LogP contribution in [-0.2, 0) is 0 Å². The number of benzene rings is 12. The summed E-state index contributed by atoms with van der Waals surface area (Å²) in [7, 11) is 0. The number of rotatable bonds is 4. The monoisotopic (exact) mass is 1220 g/mol. The first kappa shape index (κ1) is 54.2. The maximum atomic E-state index is 10.2. The Morgan fingerprint density at radius 2 is 0.469 bits per heavy atom. The van der Waals surface area contributed by atoms with E-state index in [1.165, 1.54) is 43.8 Å². The van der Waals surface area contributed by atoms with Gasteiger partial charge < -0.3 is 18.3 Å². The van der Waals surface area contributed by atoms with Crippen molar-refractivity contribution in [2.75, 3.05) is 0 Å². The lowest BCUT2D eigenvalue weighted by Crippen LogP contribution is -2.01. The lowest BCUT2D eigenvalue weighted by atomic mass is 10.0. The fourth-order valence-electron chi connectivity index (χ4n) is 15.8. The minimum absolute atomic E-state index is 0.0256. The van der Waals surface area contributed by atoms with Crippen LogP contribution in [0.5, 0.6) is 0 Å². The zero-order valence-corrected chi connectivity index (χ0v) is 52.2. The van der Waals surface area contributed by atoms with Crippen LogP contribution in [0, 0.1) is 73.0 Å². The molecule has 0 saturated heterocycles. The Morgan fingerprint density at radius 3 is 0.698 bits per heavy atom. The fourth-order valence-corrected chi connectivity index (χ4v) is 15.8. The third-order valence-corrected chi connectivity index (χ3v) is 19.7. The summed E-state index contributed by atoms with van der Waals surface area (Å²) in [4.78, 5) is 19.7. The summed E-state index contributed by atoms with van der Waals surface area (Å²) in [5.41, 5.74) is 23.5. The van der Waals surface area contributed by atoms with Crippen LogP contribution in [0.15, 0.2) is 218 Å². The smallest absolute Gasteiger partial charge is 0.177 e. The van der Waals surface area contributed by atoms with Crippen LogP contribution in [0.1, 0.15) is 45.0 Å². The van der Waals surface area contributed by atoms with E-state index in [-0.39, 0.29) is 22.8 Å². The molecule has 0 atom stereocenters. The van der Waals surface area contributed by atoms with Crippen LogP contribution < -0.4 is 0 Å². The third kappa shape index (κ3) is 7.38. The van der Waals surface area contributed by atoms with Crippen molar-refractivity contribution in [2.45, 2.75) is 27.7 Å². The molecule has 12 nitrogen and oxygen atoms in total. The standard InChI is InChI=1S/C44H28N6.C40H20N6/c1-23-5-11-34-28(17-23)29-18-24(2)6-12-35(29)49(34)38-15-9-27-10-16-39(42-40(27)41(38)43-44(42)48-33(22-46)32(21-45)47-43)50-36-13-7-25(3)19-30(36)31-20-26(4)8-14-37(31)50;41-21-28-29(22-42)44-40-38-35(46-32-15-7-3-11-26(32)27-12-4-8-16-33(27)46)20-18-23-17-19-34(37(36(23)38)39(40)43-28)45-30-13-5-1-9-24(30)25-10-2-6-14-31(25)45/h5-20H,1-4H3;1-20H. The molecule has 12 heteroatoms. The maximum absolute atomic E-state index is 10.2. The highest BCUT2D eigenvalue weighted by atomic mass is 15.0. The first-order valence-corrected chi connectivity index (χ1v) is 31.8. The number of hydrogen-bond donors (Lipinski definition) is 0. The Balaban J connectivity index is 0.000000136. The van der Waals surface area contributed by atoms with Crippen molar-refractivity contribution in [1.29, 1.82) is 21.0 Å². The lowest BCUT2D eigenvalue weighted by molar-refractivity contribution is 1.13. The van der Waals surface area contributed by atoms with Crippen molar-refractivity contribution >= 4 is 109 Å². The molecule has 0 unspecified atom stereocenters. The molecule has 18 aromatic rings. The molecule has 6 aromatic heterocycles. The van der Waals surface area contributed by atoms with Crippen molar-refractivity contribution in [3.05, 3.63) is 263 Å². The molecular formula is C84H48N12. The Morgan fingerprint density at radius 1 is 0.250 bits per heavy atom. The van der Waals surface area contributed by atoms with Gasteiger partial charge in [-0.3, -0.25) is 0 Å². The maximum Gasteiger partial charge on any atom is 0.177 e. The van der Waals surface area contributed by atoms with E-state index in [1.807, 2.05) is 0 Å². The van der Waals surface area contributed by atoms with Crippen molar-refractivity contribution < 1.29 is 0 Å². The quantitative estimate of drug-likeness (QED) is 0.168. The highest BCUT2D eigenvalue weighted by molar-refractivity contribution is 6.23. The van der Waals surface area contributed by atoms with Gasteiger partial charge in [-0.15, -0.1) is 0 Å².